The highest BCUT2D eigenvalue weighted by Crippen LogP contribution is 2.38. The Kier molecular flexibility index (Phi) is 5.26. The van der Waals surface area contributed by atoms with Crippen LogP contribution < -0.4 is 5.73 Å². The highest BCUT2D eigenvalue weighted by Gasteiger charge is 2.41. The lowest BCUT2D eigenvalue weighted by atomic mass is 9.72. The molecule has 1 heterocycles. The fourth-order valence-corrected chi connectivity index (χ4v) is 3.90. The van der Waals surface area contributed by atoms with E-state index in [2.05, 4.69) is 11.8 Å². The topological polar surface area (TPSA) is 46.3 Å². The van der Waals surface area contributed by atoms with Crippen molar-refractivity contribution in [1.82, 2.24) is 4.90 Å². The second-order valence-electron chi connectivity index (χ2n) is 6.57. The number of hydrogen-bond donors (Lipinski definition) is 1. The molecule has 0 aromatic carbocycles. The molecule has 1 amide bonds. The number of carbonyl (C=O) groups excluding carboxylic acids is 1. The molecule has 3 heteroatoms. The highest BCUT2D eigenvalue weighted by atomic mass is 16.2. The molecular formula is C16H30N2O. The molecule has 0 bridgehead atoms. The van der Waals surface area contributed by atoms with E-state index in [4.69, 9.17) is 5.73 Å². The molecule has 1 saturated carbocycles. The van der Waals surface area contributed by atoms with E-state index in [1.807, 2.05) is 0 Å². The molecule has 1 aliphatic heterocycles. The van der Waals surface area contributed by atoms with Crippen LogP contribution in [0.5, 0.6) is 0 Å². The predicted molar refractivity (Wildman–Crippen MR) is 78.8 cm³/mol. The van der Waals surface area contributed by atoms with Crippen LogP contribution in [0, 0.1) is 11.3 Å². The lowest BCUT2D eigenvalue weighted by Gasteiger charge is -2.41. The van der Waals surface area contributed by atoms with Gasteiger partial charge in [0.15, 0.2) is 0 Å². The summed E-state index contributed by atoms with van der Waals surface area (Å²) < 4.78 is 0. The zero-order valence-electron chi connectivity index (χ0n) is 12.5. The lowest BCUT2D eigenvalue weighted by Crippen LogP contribution is -2.51. The molecule has 2 N–H and O–H groups in total. The molecule has 0 radical (unpaired) electrons. The summed E-state index contributed by atoms with van der Waals surface area (Å²) in [5.41, 5.74) is 5.76. The lowest BCUT2D eigenvalue weighted by molar-refractivity contribution is -0.145. The summed E-state index contributed by atoms with van der Waals surface area (Å²) in [5, 5.41) is 0. The molecule has 0 aromatic rings. The molecule has 19 heavy (non-hydrogen) atoms. The standard InChI is InChI=1S/C16H30N2O/c1-2-6-14-7-11-18(12-8-14)15(19)16(13-17)9-4-3-5-10-16/h14H,2-13,17H2,1H3. The van der Waals surface area contributed by atoms with E-state index in [1.165, 1.54) is 44.9 Å². The average Bonchev–Trinajstić information content (AvgIpc) is 2.48. The Morgan fingerprint density at radius 2 is 1.84 bits per heavy atom. The minimum Gasteiger partial charge on any atom is -0.342 e. The van der Waals surface area contributed by atoms with Crippen molar-refractivity contribution in [3.8, 4) is 0 Å². The monoisotopic (exact) mass is 266 g/mol. The maximum atomic E-state index is 12.8. The van der Waals surface area contributed by atoms with Crippen molar-refractivity contribution in [1.29, 1.82) is 0 Å². The van der Waals surface area contributed by atoms with Crippen LogP contribution in [0.1, 0.15) is 64.7 Å². The Balaban J connectivity index is 1.92. The van der Waals surface area contributed by atoms with Gasteiger partial charge < -0.3 is 10.6 Å². The number of amides is 1. The van der Waals surface area contributed by atoms with Crippen LogP contribution in [0.4, 0.5) is 0 Å². The minimum atomic E-state index is -0.212. The molecule has 2 rings (SSSR count). The van der Waals surface area contributed by atoms with Gasteiger partial charge in [0.1, 0.15) is 0 Å². The molecule has 3 nitrogen and oxygen atoms in total. The predicted octanol–water partition coefficient (Wildman–Crippen LogP) is 2.93. The van der Waals surface area contributed by atoms with E-state index < -0.39 is 0 Å². The van der Waals surface area contributed by atoms with Crippen LogP contribution in [-0.4, -0.2) is 30.4 Å². The number of rotatable bonds is 4. The SMILES string of the molecule is CCCC1CCN(C(=O)C2(CN)CCCCC2)CC1. The van der Waals surface area contributed by atoms with E-state index >= 15 is 0 Å². The third-order valence-electron chi connectivity index (χ3n) is 5.25. The van der Waals surface area contributed by atoms with Gasteiger partial charge in [0.25, 0.3) is 0 Å². The third kappa shape index (κ3) is 3.31. The number of nitrogens with two attached hydrogens (primary N) is 1. The summed E-state index contributed by atoms with van der Waals surface area (Å²) in [6.07, 6.45) is 10.6. The van der Waals surface area contributed by atoms with E-state index in [9.17, 15) is 4.79 Å². The van der Waals surface area contributed by atoms with Gasteiger partial charge in [-0.3, -0.25) is 4.79 Å². The molecular weight excluding hydrogens is 236 g/mol. The zero-order valence-corrected chi connectivity index (χ0v) is 12.5. The Bertz CT molecular complexity index is 289. The fourth-order valence-electron chi connectivity index (χ4n) is 3.90. The molecule has 1 aliphatic carbocycles. The second-order valence-corrected chi connectivity index (χ2v) is 6.57. The summed E-state index contributed by atoms with van der Waals surface area (Å²) >= 11 is 0. The van der Waals surface area contributed by atoms with Gasteiger partial charge in [0, 0.05) is 19.6 Å². The number of carbonyl (C=O) groups is 1. The van der Waals surface area contributed by atoms with Crippen molar-refractivity contribution in [2.24, 2.45) is 17.1 Å². The van der Waals surface area contributed by atoms with Crippen LogP contribution in [0.2, 0.25) is 0 Å². The molecule has 0 aromatic heterocycles. The van der Waals surface area contributed by atoms with Crippen LogP contribution >= 0.6 is 0 Å². The van der Waals surface area contributed by atoms with Crippen molar-refractivity contribution in [3.05, 3.63) is 0 Å². The Hall–Kier alpha value is -0.570. The van der Waals surface area contributed by atoms with E-state index in [0.29, 0.717) is 12.5 Å². The minimum absolute atomic E-state index is 0.212. The van der Waals surface area contributed by atoms with Gasteiger partial charge in [0.2, 0.25) is 5.91 Å². The molecule has 2 fully saturated rings. The van der Waals surface area contributed by atoms with Crippen LogP contribution in [0.15, 0.2) is 0 Å². The normalized spacial score (nSPS) is 24.4. The maximum absolute atomic E-state index is 12.8. The van der Waals surface area contributed by atoms with E-state index in [0.717, 1.165) is 31.8 Å². The quantitative estimate of drug-likeness (QED) is 0.850. The van der Waals surface area contributed by atoms with Crippen LogP contribution in [-0.2, 0) is 4.79 Å². The Labute approximate surface area is 117 Å². The number of nitrogens with zero attached hydrogens (tertiary/aromatic N) is 1. The van der Waals surface area contributed by atoms with Gasteiger partial charge in [0.05, 0.1) is 5.41 Å². The zero-order chi connectivity index (χ0) is 13.7. The van der Waals surface area contributed by atoms with Gasteiger partial charge in [-0.2, -0.15) is 0 Å². The van der Waals surface area contributed by atoms with Crippen molar-refractivity contribution in [3.63, 3.8) is 0 Å². The van der Waals surface area contributed by atoms with Gasteiger partial charge in [-0.1, -0.05) is 39.0 Å². The van der Waals surface area contributed by atoms with Gasteiger partial charge >= 0.3 is 0 Å². The van der Waals surface area contributed by atoms with Crippen molar-refractivity contribution < 1.29 is 4.79 Å². The Morgan fingerprint density at radius 1 is 1.21 bits per heavy atom. The molecule has 2 aliphatic rings. The van der Waals surface area contributed by atoms with Crippen molar-refractivity contribution in [2.75, 3.05) is 19.6 Å². The fraction of sp³-hybridized carbons (Fsp3) is 0.938. The summed E-state index contributed by atoms with van der Waals surface area (Å²) in [6.45, 7) is 4.72. The smallest absolute Gasteiger partial charge is 0.230 e. The molecule has 110 valence electrons. The van der Waals surface area contributed by atoms with E-state index in [-0.39, 0.29) is 5.41 Å². The Morgan fingerprint density at radius 3 is 2.37 bits per heavy atom. The van der Waals surface area contributed by atoms with Gasteiger partial charge in [-0.05, 0) is 31.6 Å². The van der Waals surface area contributed by atoms with Crippen LogP contribution in [0.25, 0.3) is 0 Å². The second kappa shape index (κ2) is 6.74. The number of hydrogen-bond acceptors (Lipinski definition) is 2. The molecule has 0 atom stereocenters. The molecule has 0 spiro atoms. The largest absolute Gasteiger partial charge is 0.342 e. The summed E-state index contributed by atoms with van der Waals surface area (Å²) in [5.74, 6) is 1.21. The average molecular weight is 266 g/mol. The summed E-state index contributed by atoms with van der Waals surface area (Å²) in [6, 6.07) is 0. The van der Waals surface area contributed by atoms with Crippen molar-refractivity contribution in [2.45, 2.75) is 64.7 Å². The van der Waals surface area contributed by atoms with Crippen molar-refractivity contribution >= 4 is 5.91 Å². The highest BCUT2D eigenvalue weighted by molar-refractivity contribution is 5.83. The summed E-state index contributed by atoms with van der Waals surface area (Å²) in [4.78, 5) is 14.9. The molecule has 1 saturated heterocycles. The molecule has 0 unspecified atom stereocenters. The third-order valence-corrected chi connectivity index (χ3v) is 5.25. The van der Waals surface area contributed by atoms with Gasteiger partial charge in [-0.25, -0.2) is 0 Å². The first-order chi connectivity index (χ1) is 9.22. The van der Waals surface area contributed by atoms with E-state index in [1.54, 1.807) is 0 Å². The van der Waals surface area contributed by atoms with Gasteiger partial charge in [-0.15, -0.1) is 0 Å². The first-order valence-electron chi connectivity index (χ1n) is 8.21. The number of likely N-dealkylation sites (tertiary alicyclic amines) is 1. The number of piperidine rings is 1. The first kappa shape index (κ1) is 14.8. The first-order valence-corrected chi connectivity index (χ1v) is 8.21. The van der Waals surface area contributed by atoms with Crippen LogP contribution in [0.3, 0.4) is 0 Å². The summed E-state index contributed by atoms with van der Waals surface area (Å²) in [7, 11) is 0. The maximum Gasteiger partial charge on any atom is 0.230 e.